The third-order valence-electron chi connectivity index (χ3n) is 3.67. The van der Waals surface area contributed by atoms with E-state index in [1.165, 1.54) is 0 Å². The molecule has 1 heterocycles. The van der Waals surface area contributed by atoms with Crippen LogP contribution in [0.3, 0.4) is 0 Å². The van der Waals surface area contributed by atoms with E-state index in [0.29, 0.717) is 6.04 Å². The highest BCUT2D eigenvalue weighted by atomic mass is 32.1. The van der Waals surface area contributed by atoms with Crippen molar-refractivity contribution in [1.82, 2.24) is 26.0 Å². The SMILES string of the molecule is CCN[C@H](NC=NC[C@@H]1CN(C)N1C)[C@@H](C=S)CNC. The van der Waals surface area contributed by atoms with Crippen LogP contribution in [0.25, 0.3) is 0 Å². The van der Waals surface area contributed by atoms with Gasteiger partial charge < -0.3 is 10.6 Å². The molecule has 0 amide bonds. The van der Waals surface area contributed by atoms with Crippen molar-refractivity contribution in [3.8, 4) is 0 Å². The minimum absolute atomic E-state index is 0.121. The van der Waals surface area contributed by atoms with Crippen molar-refractivity contribution in [2.24, 2.45) is 10.9 Å². The van der Waals surface area contributed by atoms with E-state index < -0.39 is 0 Å². The summed E-state index contributed by atoms with van der Waals surface area (Å²) < 4.78 is 0. The fourth-order valence-electron chi connectivity index (χ4n) is 2.25. The summed E-state index contributed by atoms with van der Waals surface area (Å²) in [5, 5.41) is 16.1. The van der Waals surface area contributed by atoms with Gasteiger partial charge in [-0.05, 0) is 19.0 Å². The van der Waals surface area contributed by atoms with Gasteiger partial charge in [0.15, 0.2) is 0 Å². The topological polar surface area (TPSA) is 54.9 Å². The number of aliphatic imine (C=N–C) groups is 1. The summed E-state index contributed by atoms with van der Waals surface area (Å²) in [5.41, 5.74) is 0. The Hall–Kier alpha value is -0.600. The molecular formula is C13H28N6S. The van der Waals surface area contributed by atoms with Gasteiger partial charge in [-0.1, -0.05) is 19.1 Å². The minimum Gasteiger partial charge on any atom is -0.361 e. The van der Waals surface area contributed by atoms with E-state index in [4.69, 9.17) is 12.2 Å². The van der Waals surface area contributed by atoms with E-state index in [1.54, 1.807) is 11.7 Å². The maximum Gasteiger partial charge on any atom is 0.0860 e. The summed E-state index contributed by atoms with van der Waals surface area (Å²) in [6, 6.07) is 0.522. The fourth-order valence-corrected chi connectivity index (χ4v) is 2.51. The van der Waals surface area contributed by atoms with E-state index in [0.717, 1.165) is 26.2 Å². The Balaban J connectivity index is 2.35. The van der Waals surface area contributed by atoms with Gasteiger partial charge in [0.1, 0.15) is 0 Å². The van der Waals surface area contributed by atoms with E-state index >= 15 is 0 Å². The molecule has 1 rings (SSSR count). The molecule has 0 aliphatic carbocycles. The normalized spacial score (nSPS) is 23.5. The monoisotopic (exact) mass is 300 g/mol. The van der Waals surface area contributed by atoms with Crippen LogP contribution in [0.15, 0.2) is 4.99 Å². The number of nitrogens with zero attached hydrogens (tertiary/aromatic N) is 3. The first-order chi connectivity index (χ1) is 9.63. The van der Waals surface area contributed by atoms with E-state index in [1.807, 2.05) is 7.05 Å². The fraction of sp³-hybridized carbons (Fsp3) is 0.846. The Labute approximate surface area is 128 Å². The lowest BCUT2D eigenvalue weighted by Crippen LogP contribution is -2.61. The Morgan fingerprint density at radius 2 is 2.20 bits per heavy atom. The number of hydrogen-bond donors (Lipinski definition) is 3. The Kier molecular flexibility index (Phi) is 8.16. The number of hydrazine groups is 1. The van der Waals surface area contributed by atoms with Gasteiger partial charge in [0.05, 0.1) is 25.1 Å². The van der Waals surface area contributed by atoms with E-state index in [2.05, 4.69) is 52.0 Å². The van der Waals surface area contributed by atoms with Gasteiger partial charge in [0, 0.05) is 33.1 Å². The van der Waals surface area contributed by atoms with Crippen LogP contribution in [-0.4, -0.2) is 81.3 Å². The van der Waals surface area contributed by atoms with Gasteiger partial charge in [0.2, 0.25) is 0 Å². The summed E-state index contributed by atoms with van der Waals surface area (Å²) in [5.74, 6) is 0.249. The van der Waals surface area contributed by atoms with Crippen LogP contribution in [0.2, 0.25) is 0 Å². The van der Waals surface area contributed by atoms with Crippen LogP contribution < -0.4 is 16.0 Å². The molecule has 0 aromatic rings. The predicted octanol–water partition coefficient (Wildman–Crippen LogP) is -0.464. The Morgan fingerprint density at radius 3 is 2.70 bits per heavy atom. The third kappa shape index (κ3) is 5.06. The van der Waals surface area contributed by atoms with Gasteiger partial charge in [-0.25, -0.2) is 10.0 Å². The van der Waals surface area contributed by atoms with Crippen molar-refractivity contribution in [3.05, 3.63) is 0 Å². The minimum atomic E-state index is 0.121. The zero-order valence-electron chi connectivity index (χ0n) is 13.0. The van der Waals surface area contributed by atoms with Gasteiger partial charge in [-0.3, -0.25) is 10.3 Å². The van der Waals surface area contributed by atoms with Crippen LogP contribution in [0.4, 0.5) is 0 Å². The third-order valence-corrected chi connectivity index (χ3v) is 4.02. The molecule has 3 atom stereocenters. The van der Waals surface area contributed by atoms with Gasteiger partial charge in [-0.2, -0.15) is 0 Å². The van der Waals surface area contributed by atoms with Crippen molar-refractivity contribution in [2.45, 2.75) is 19.1 Å². The summed E-state index contributed by atoms with van der Waals surface area (Å²) >= 11 is 5.10. The molecular weight excluding hydrogens is 272 g/mol. The second-order valence-electron chi connectivity index (χ2n) is 5.12. The van der Waals surface area contributed by atoms with Crippen molar-refractivity contribution in [3.63, 3.8) is 0 Å². The molecule has 116 valence electrons. The van der Waals surface area contributed by atoms with Crippen LogP contribution >= 0.6 is 12.2 Å². The van der Waals surface area contributed by atoms with Crippen LogP contribution in [0, 0.1) is 5.92 Å². The zero-order chi connectivity index (χ0) is 15.0. The average molecular weight is 300 g/mol. The summed E-state index contributed by atoms with van der Waals surface area (Å²) in [6.45, 7) is 5.72. The number of nitrogens with one attached hydrogen (secondary N) is 3. The second kappa shape index (κ2) is 9.36. The van der Waals surface area contributed by atoms with Crippen molar-refractivity contribution in [1.29, 1.82) is 0 Å². The number of rotatable bonds is 10. The first-order valence-corrected chi connectivity index (χ1v) is 7.62. The molecule has 0 aromatic heterocycles. The van der Waals surface area contributed by atoms with Crippen molar-refractivity contribution < 1.29 is 0 Å². The molecule has 0 spiro atoms. The molecule has 1 fully saturated rings. The van der Waals surface area contributed by atoms with Crippen LogP contribution in [0.5, 0.6) is 0 Å². The van der Waals surface area contributed by atoms with Crippen LogP contribution in [-0.2, 0) is 0 Å². The van der Waals surface area contributed by atoms with Gasteiger partial charge in [0.25, 0.3) is 0 Å². The number of hydrogen-bond acceptors (Lipinski definition) is 6. The molecule has 0 unspecified atom stereocenters. The van der Waals surface area contributed by atoms with Crippen LogP contribution in [0.1, 0.15) is 6.92 Å². The zero-order valence-corrected chi connectivity index (χ0v) is 13.8. The standard InChI is InChI=1S/C13H28N6S/c1-5-16-13(11(9-20)6-14-2)17-10-15-7-12-8-18(3)19(12)4/h9-14,16H,5-8H2,1-4H3,(H,15,17)/t11-,12-,13-/m1/s1. The molecule has 0 aromatic carbocycles. The predicted molar refractivity (Wildman–Crippen MR) is 89.2 cm³/mol. The highest BCUT2D eigenvalue weighted by Crippen LogP contribution is 2.12. The first kappa shape index (κ1) is 17.5. The van der Waals surface area contributed by atoms with Gasteiger partial charge >= 0.3 is 0 Å². The molecule has 20 heavy (non-hydrogen) atoms. The molecule has 6 nitrogen and oxygen atoms in total. The molecule has 1 aliphatic rings. The van der Waals surface area contributed by atoms with Gasteiger partial charge in [-0.15, -0.1) is 0 Å². The summed E-state index contributed by atoms with van der Waals surface area (Å²) in [7, 11) is 6.11. The molecule has 7 heteroatoms. The quantitative estimate of drug-likeness (QED) is 0.220. The average Bonchev–Trinajstić information content (AvgIpc) is 2.46. The highest BCUT2D eigenvalue weighted by molar-refractivity contribution is 7.79. The molecule has 3 N–H and O–H groups in total. The number of thiocarbonyl (C=S) groups is 1. The maximum atomic E-state index is 5.10. The van der Waals surface area contributed by atoms with E-state index in [9.17, 15) is 0 Å². The lowest BCUT2D eigenvalue weighted by Gasteiger charge is -2.46. The maximum absolute atomic E-state index is 5.10. The largest absolute Gasteiger partial charge is 0.361 e. The van der Waals surface area contributed by atoms with Crippen molar-refractivity contribution >= 4 is 23.9 Å². The smallest absolute Gasteiger partial charge is 0.0860 e. The Morgan fingerprint density at radius 1 is 1.45 bits per heavy atom. The summed E-state index contributed by atoms with van der Waals surface area (Å²) in [4.78, 5) is 4.46. The summed E-state index contributed by atoms with van der Waals surface area (Å²) in [6.07, 6.45) is 1.93. The molecule has 0 bridgehead atoms. The molecule has 0 radical (unpaired) electrons. The Bertz CT molecular complexity index is 311. The lowest BCUT2D eigenvalue weighted by atomic mass is 10.1. The number of likely N-dealkylation sites (N-methyl/N-ethyl adjacent to an activating group) is 2. The van der Waals surface area contributed by atoms with E-state index in [-0.39, 0.29) is 12.1 Å². The second-order valence-corrected chi connectivity index (χ2v) is 5.39. The van der Waals surface area contributed by atoms with Crippen molar-refractivity contribution in [2.75, 3.05) is 47.3 Å². The molecule has 1 aliphatic heterocycles. The molecule has 1 saturated heterocycles. The lowest BCUT2D eigenvalue weighted by molar-refractivity contribution is -0.117. The first-order valence-electron chi connectivity index (χ1n) is 7.15. The highest BCUT2D eigenvalue weighted by Gasteiger charge is 2.29. The molecule has 0 saturated carbocycles.